The number of aliphatic hydroxyl groups is 1. The number of hydrogen-bond donors (Lipinski definition) is 1. The zero-order valence-corrected chi connectivity index (χ0v) is 15.3. The number of likely N-dealkylation sites (tertiary alicyclic amines) is 1. The van der Waals surface area contributed by atoms with Gasteiger partial charge in [-0.15, -0.1) is 0 Å². The average Bonchev–Trinajstić information content (AvgIpc) is 2.62. The fraction of sp³-hybridized carbons (Fsp3) is 0.409. The van der Waals surface area contributed by atoms with E-state index in [1.807, 2.05) is 62.4 Å². The molecule has 1 saturated heterocycles. The van der Waals surface area contributed by atoms with Crippen molar-refractivity contribution in [3.05, 3.63) is 70.8 Å². The van der Waals surface area contributed by atoms with Crippen LogP contribution >= 0.6 is 0 Å². The van der Waals surface area contributed by atoms with E-state index in [2.05, 4.69) is 11.8 Å². The van der Waals surface area contributed by atoms with Crippen LogP contribution in [-0.4, -0.2) is 35.4 Å². The van der Waals surface area contributed by atoms with Gasteiger partial charge in [0.2, 0.25) is 0 Å². The van der Waals surface area contributed by atoms with Gasteiger partial charge in [0.15, 0.2) is 5.78 Å². The molecule has 1 fully saturated rings. The second-order valence-corrected chi connectivity index (χ2v) is 7.22. The highest BCUT2D eigenvalue weighted by atomic mass is 16.3. The van der Waals surface area contributed by atoms with Crippen LogP contribution in [0.25, 0.3) is 0 Å². The van der Waals surface area contributed by atoms with Crippen molar-refractivity contribution < 1.29 is 9.90 Å². The summed E-state index contributed by atoms with van der Waals surface area (Å²) in [6.07, 6.45) is 0.576. The maximum absolute atomic E-state index is 13.2. The third kappa shape index (κ3) is 3.53. The van der Waals surface area contributed by atoms with Crippen molar-refractivity contribution >= 4 is 5.78 Å². The molecule has 25 heavy (non-hydrogen) atoms. The minimum absolute atomic E-state index is 0.0289. The minimum Gasteiger partial charge on any atom is -0.384 e. The van der Waals surface area contributed by atoms with Gasteiger partial charge in [0, 0.05) is 18.7 Å². The number of piperidine rings is 1. The fourth-order valence-corrected chi connectivity index (χ4v) is 3.70. The van der Waals surface area contributed by atoms with Crippen LogP contribution in [0.3, 0.4) is 0 Å². The third-order valence-electron chi connectivity index (χ3n) is 5.48. The van der Waals surface area contributed by atoms with Gasteiger partial charge in [-0.05, 0) is 32.4 Å². The molecule has 1 aliphatic heterocycles. The quantitative estimate of drug-likeness (QED) is 0.865. The topological polar surface area (TPSA) is 40.5 Å². The maximum atomic E-state index is 13.2. The SMILES string of the molecule is CCN1CCC(O)(c2ccc(C)cc2)C(C(=O)c2ccc(C)cc2)C1. The monoisotopic (exact) mass is 337 g/mol. The molecule has 1 heterocycles. The summed E-state index contributed by atoms with van der Waals surface area (Å²) in [4.78, 5) is 15.5. The van der Waals surface area contributed by atoms with Crippen molar-refractivity contribution in [3.63, 3.8) is 0 Å². The highest BCUT2D eigenvalue weighted by Crippen LogP contribution is 2.39. The molecule has 0 amide bonds. The van der Waals surface area contributed by atoms with Crippen LogP contribution in [-0.2, 0) is 5.60 Å². The Kier molecular flexibility index (Phi) is 5.07. The fourth-order valence-electron chi connectivity index (χ4n) is 3.70. The van der Waals surface area contributed by atoms with Crippen LogP contribution < -0.4 is 0 Å². The van der Waals surface area contributed by atoms with E-state index in [1.165, 1.54) is 0 Å². The Labute approximate surface area is 150 Å². The van der Waals surface area contributed by atoms with Gasteiger partial charge in [0.05, 0.1) is 5.92 Å². The summed E-state index contributed by atoms with van der Waals surface area (Å²) >= 11 is 0. The number of aryl methyl sites for hydroxylation is 2. The summed E-state index contributed by atoms with van der Waals surface area (Å²) in [5.41, 5.74) is 2.70. The Balaban J connectivity index is 1.98. The highest BCUT2D eigenvalue weighted by Gasteiger charge is 2.46. The van der Waals surface area contributed by atoms with Gasteiger partial charge in [-0.3, -0.25) is 4.79 Å². The standard InChI is InChI=1S/C22H27NO2/c1-4-23-14-13-22(25,19-11-7-17(3)8-12-19)20(15-23)21(24)18-9-5-16(2)6-10-18/h5-12,20,25H,4,13-15H2,1-3H3. The second kappa shape index (κ2) is 7.11. The number of hydrogen-bond acceptors (Lipinski definition) is 3. The van der Waals surface area contributed by atoms with Crippen molar-refractivity contribution in [1.29, 1.82) is 0 Å². The summed E-state index contributed by atoms with van der Waals surface area (Å²) in [7, 11) is 0. The van der Waals surface area contributed by atoms with Crippen LogP contribution in [0.1, 0.15) is 40.4 Å². The van der Waals surface area contributed by atoms with Gasteiger partial charge >= 0.3 is 0 Å². The number of carbonyl (C=O) groups is 1. The molecular formula is C22H27NO2. The molecule has 1 aliphatic rings. The molecular weight excluding hydrogens is 310 g/mol. The van der Waals surface area contributed by atoms with E-state index in [0.29, 0.717) is 18.5 Å². The molecule has 2 aromatic rings. The first kappa shape index (κ1) is 17.8. The van der Waals surface area contributed by atoms with E-state index in [4.69, 9.17) is 0 Å². The lowest BCUT2D eigenvalue weighted by Crippen LogP contribution is -2.53. The van der Waals surface area contributed by atoms with Crippen LogP contribution in [0.2, 0.25) is 0 Å². The first-order valence-corrected chi connectivity index (χ1v) is 9.07. The normalized spacial score (nSPS) is 24.2. The lowest BCUT2D eigenvalue weighted by atomic mass is 9.72. The molecule has 0 saturated carbocycles. The van der Waals surface area contributed by atoms with Gasteiger partial charge in [0.1, 0.15) is 5.60 Å². The summed E-state index contributed by atoms with van der Waals surface area (Å²) in [5, 5.41) is 11.5. The number of nitrogens with zero attached hydrogens (tertiary/aromatic N) is 1. The minimum atomic E-state index is -1.11. The molecule has 3 nitrogen and oxygen atoms in total. The van der Waals surface area contributed by atoms with Crippen molar-refractivity contribution in [1.82, 2.24) is 4.90 Å². The molecule has 3 rings (SSSR count). The largest absolute Gasteiger partial charge is 0.384 e. The predicted octanol–water partition coefficient (Wildman–Crippen LogP) is 3.72. The molecule has 0 radical (unpaired) electrons. The Bertz CT molecular complexity index is 736. The first-order valence-electron chi connectivity index (χ1n) is 9.07. The Morgan fingerprint density at radius 1 is 1.08 bits per heavy atom. The summed E-state index contributed by atoms with van der Waals surface area (Å²) in [6, 6.07) is 15.6. The van der Waals surface area contributed by atoms with Gasteiger partial charge in [-0.2, -0.15) is 0 Å². The number of carbonyl (C=O) groups excluding carboxylic acids is 1. The van der Waals surface area contributed by atoms with Crippen LogP contribution in [0.5, 0.6) is 0 Å². The van der Waals surface area contributed by atoms with Crippen molar-refractivity contribution in [3.8, 4) is 0 Å². The molecule has 132 valence electrons. The van der Waals surface area contributed by atoms with Crippen LogP contribution in [0.4, 0.5) is 0 Å². The number of ketones is 1. The summed E-state index contributed by atoms with van der Waals surface area (Å²) < 4.78 is 0. The van der Waals surface area contributed by atoms with Gasteiger partial charge in [-0.25, -0.2) is 0 Å². The number of rotatable bonds is 4. The Hall–Kier alpha value is -1.97. The summed E-state index contributed by atoms with van der Waals surface area (Å²) in [5.74, 6) is -0.423. The zero-order chi connectivity index (χ0) is 18.0. The second-order valence-electron chi connectivity index (χ2n) is 7.22. The molecule has 0 bridgehead atoms. The molecule has 0 spiro atoms. The lowest BCUT2D eigenvalue weighted by molar-refractivity contribution is -0.0632. The Morgan fingerprint density at radius 3 is 2.20 bits per heavy atom. The van der Waals surface area contributed by atoms with E-state index >= 15 is 0 Å². The molecule has 2 atom stereocenters. The molecule has 1 N–H and O–H groups in total. The smallest absolute Gasteiger partial charge is 0.170 e. The highest BCUT2D eigenvalue weighted by molar-refractivity contribution is 5.99. The van der Waals surface area contributed by atoms with Crippen LogP contribution in [0, 0.1) is 19.8 Å². The third-order valence-corrected chi connectivity index (χ3v) is 5.48. The van der Waals surface area contributed by atoms with E-state index < -0.39 is 11.5 Å². The van der Waals surface area contributed by atoms with Crippen molar-refractivity contribution in [2.45, 2.75) is 32.8 Å². The molecule has 0 aliphatic carbocycles. The zero-order valence-electron chi connectivity index (χ0n) is 15.3. The predicted molar refractivity (Wildman–Crippen MR) is 101 cm³/mol. The molecule has 0 aromatic heterocycles. The van der Waals surface area contributed by atoms with Gasteiger partial charge in [-0.1, -0.05) is 66.6 Å². The average molecular weight is 337 g/mol. The number of benzene rings is 2. The van der Waals surface area contributed by atoms with Crippen molar-refractivity contribution in [2.75, 3.05) is 19.6 Å². The first-order chi connectivity index (χ1) is 11.9. The molecule has 2 aromatic carbocycles. The maximum Gasteiger partial charge on any atom is 0.170 e. The van der Waals surface area contributed by atoms with E-state index in [-0.39, 0.29) is 5.78 Å². The Morgan fingerprint density at radius 2 is 1.64 bits per heavy atom. The molecule has 3 heteroatoms. The lowest BCUT2D eigenvalue weighted by Gasteiger charge is -2.44. The van der Waals surface area contributed by atoms with E-state index in [9.17, 15) is 9.90 Å². The van der Waals surface area contributed by atoms with E-state index in [0.717, 1.165) is 29.8 Å². The van der Waals surface area contributed by atoms with Crippen molar-refractivity contribution in [2.24, 2.45) is 5.92 Å². The number of Topliss-reactive ketones (excluding diaryl/α,β-unsaturated/α-hetero) is 1. The van der Waals surface area contributed by atoms with Gasteiger partial charge in [0.25, 0.3) is 0 Å². The summed E-state index contributed by atoms with van der Waals surface area (Å²) in [6.45, 7) is 8.43. The van der Waals surface area contributed by atoms with Crippen LogP contribution in [0.15, 0.2) is 48.5 Å². The van der Waals surface area contributed by atoms with E-state index in [1.54, 1.807) is 0 Å². The van der Waals surface area contributed by atoms with Gasteiger partial charge < -0.3 is 10.0 Å². The molecule has 2 unspecified atom stereocenters.